The van der Waals surface area contributed by atoms with Crippen molar-refractivity contribution in [2.75, 3.05) is 0 Å². The van der Waals surface area contributed by atoms with Gasteiger partial charge >= 0.3 is 0 Å². The molecule has 1 heterocycles. The van der Waals surface area contributed by atoms with Gasteiger partial charge in [-0.1, -0.05) is 77.0 Å². The molecule has 0 unspecified atom stereocenters. The number of benzene rings is 2. The van der Waals surface area contributed by atoms with Gasteiger partial charge in [-0.05, 0) is 12.5 Å². The number of nitrogens with zero attached hydrogens (tertiary/aromatic N) is 3. The molecular weight excluding hydrogens is 270 g/mol. The van der Waals surface area contributed by atoms with Gasteiger partial charge < -0.3 is 0 Å². The summed E-state index contributed by atoms with van der Waals surface area (Å²) in [6, 6.07) is 18.2. The van der Waals surface area contributed by atoms with Crippen LogP contribution in [0.25, 0.3) is 11.3 Å². The minimum atomic E-state index is 0.566. The number of aryl methyl sites for hydroxylation is 1. The van der Waals surface area contributed by atoms with Crippen molar-refractivity contribution in [1.82, 2.24) is 15.0 Å². The Morgan fingerprint density at radius 1 is 1.00 bits per heavy atom. The first-order valence-corrected chi connectivity index (χ1v) is 6.82. The van der Waals surface area contributed by atoms with Crippen LogP contribution in [-0.2, 0) is 6.54 Å². The van der Waals surface area contributed by atoms with Crippen LogP contribution in [0.3, 0.4) is 0 Å². The second-order valence-electron chi connectivity index (χ2n) is 4.74. The Bertz CT molecular complexity index is 702. The molecule has 20 heavy (non-hydrogen) atoms. The first-order valence-electron chi connectivity index (χ1n) is 6.44. The molecule has 0 aliphatic heterocycles. The van der Waals surface area contributed by atoms with Gasteiger partial charge in [-0.15, -0.1) is 5.10 Å². The lowest BCUT2D eigenvalue weighted by atomic mass is 10.1. The molecule has 3 nitrogen and oxygen atoms in total. The normalized spacial score (nSPS) is 10.7. The summed E-state index contributed by atoms with van der Waals surface area (Å²) in [7, 11) is 0. The minimum absolute atomic E-state index is 0.566. The van der Waals surface area contributed by atoms with Crippen LogP contribution >= 0.6 is 11.6 Å². The van der Waals surface area contributed by atoms with E-state index in [4.69, 9.17) is 11.6 Å². The van der Waals surface area contributed by atoms with Crippen molar-refractivity contribution in [3.63, 3.8) is 0 Å². The molecule has 0 fully saturated rings. The van der Waals surface area contributed by atoms with E-state index < -0.39 is 0 Å². The molecule has 0 bridgehead atoms. The number of hydrogen-bond donors (Lipinski definition) is 0. The van der Waals surface area contributed by atoms with Crippen LogP contribution in [0.1, 0.15) is 11.1 Å². The first-order chi connectivity index (χ1) is 9.74. The predicted molar refractivity (Wildman–Crippen MR) is 80.7 cm³/mol. The molecule has 1 aromatic heterocycles. The van der Waals surface area contributed by atoms with E-state index in [2.05, 4.69) is 41.5 Å². The second-order valence-corrected chi connectivity index (χ2v) is 5.10. The van der Waals surface area contributed by atoms with Gasteiger partial charge in [-0.3, -0.25) is 0 Å². The van der Waals surface area contributed by atoms with E-state index in [1.807, 2.05) is 30.3 Å². The van der Waals surface area contributed by atoms with Gasteiger partial charge in [-0.25, -0.2) is 4.68 Å². The Balaban J connectivity index is 1.89. The summed E-state index contributed by atoms with van der Waals surface area (Å²) >= 11 is 6.38. The molecule has 0 saturated carbocycles. The molecule has 0 amide bonds. The van der Waals surface area contributed by atoms with Crippen LogP contribution < -0.4 is 0 Å². The van der Waals surface area contributed by atoms with Crippen molar-refractivity contribution in [3.05, 3.63) is 70.9 Å². The summed E-state index contributed by atoms with van der Waals surface area (Å²) < 4.78 is 1.72. The Hall–Kier alpha value is -2.13. The third-order valence-corrected chi connectivity index (χ3v) is 3.55. The number of hydrogen-bond acceptors (Lipinski definition) is 2. The van der Waals surface area contributed by atoms with E-state index in [1.54, 1.807) is 4.68 Å². The van der Waals surface area contributed by atoms with E-state index in [1.165, 1.54) is 5.56 Å². The molecule has 3 aromatic rings. The van der Waals surface area contributed by atoms with E-state index in [0.717, 1.165) is 16.8 Å². The molecule has 0 radical (unpaired) electrons. The number of halogens is 1. The summed E-state index contributed by atoms with van der Waals surface area (Å²) in [6.45, 7) is 2.69. The van der Waals surface area contributed by atoms with Gasteiger partial charge in [0, 0.05) is 5.56 Å². The molecule has 0 saturated heterocycles. The Kier molecular flexibility index (Phi) is 3.52. The Morgan fingerprint density at radius 3 is 2.40 bits per heavy atom. The standard InChI is InChI=1S/C16H14ClN3/c1-12-7-9-13(10-8-12)11-20-16(17)15(18-19-20)14-5-3-2-4-6-14/h2-10H,11H2,1H3. The fraction of sp³-hybridized carbons (Fsp3) is 0.125. The van der Waals surface area contributed by atoms with E-state index in [0.29, 0.717) is 11.7 Å². The molecule has 0 aliphatic rings. The third kappa shape index (κ3) is 2.58. The van der Waals surface area contributed by atoms with E-state index in [9.17, 15) is 0 Å². The van der Waals surface area contributed by atoms with Crippen molar-refractivity contribution in [2.45, 2.75) is 13.5 Å². The molecule has 0 atom stereocenters. The average molecular weight is 284 g/mol. The van der Waals surface area contributed by atoms with Crippen LogP contribution in [-0.4, -0.2) is 15.0 Å². The maximum Gasteiger partial charge on any atom is 0.155 e. The fourth-order valence-electron chi connectivity index (χ4n) is 2.04. The zero-order valence-corrected chi connectivity index (χ0v) is 11.9. The third-order valence-electron chi connectivity index (χ3n) is 3.17. The van der Waals surface area contributed by atoms with Crippen molar-refractivity contribution in [3.8, 4) is 11.3 Å². The molecule has 100 valence electrons. The smallest absolute Gasteiger partial charge is 0.155 e. The zero-order valence-electron chi connectivity index (χ0n) is 11.1. The quantitative estimate of drug-likeness (QED) is 0.728. The first kappa shape index (κ1) is 12.9. The van der Waals surface area contributed by atoms with Crippen molar-refractivity contribution >= 4 is 11.6 Å². The molecule has 2 aromatic carbocycles. The Labute approximate surface area is 122 Å². The van der Waals surface area contributed by atoms with Crippen molar-refractivity contribution in [1.29, 1.82) is 0 Å². The SMILES string of the molecule is Cc1ccc(Cn2nnc(-c3ccccc3)c2Cl)cc1. The lowest BCUT2D eigenvalue weighted by Gasteiger charge is -2.03. The highest BCUT2D eigenvalue weighted by Gasteiger charge is 2.12. The van der Waals surface area contributed by atoms with Gasteiger partial charge in [0.1, 0.15) is 5.69 Å². The van der Waals surface area contributed by atoms with Crippen molar-refractivity contribution < 1.29 is 0 Å². The lowest BCUT2D eigenvalue weighted by Crippen LogP contribution is -2.02. The highest BCUT2D eigenvalue weighted by molar-refractivity contribution is 6.32. The minimum Gasteiger partial charge on any atom is -0.229 e. The maximum atomic E-state index is 6.38. The van der Waals surface area contributed by atoms with Gasteiger partial charge in [0.25, 0.3) is 0 Å². The highest BCUT2D eigenvalue weighted by Crippen LogP contribution is 2.25. The number of rotatable bonds is 3. The summed E-state index contributed by atoms with van der Waals surface area (Å²) in [5.74, 6) is 0. The van der Waals surface area contributed by atoms with Crippen molar-refractivity contribution in [2.24, 2.45) is 0 Å². The molecular formula is C16H14ClN3. The summed E-state index contributed by atoms with van der Waals surface area (Å²) in [5.41, 5.74) is 4.09. The highest BCUT2D eigenvalue weighted by atomic mass is 35.5. The summed E-state index contributed by atoms with van der Waals surface area (Å²) in [6.07, 6.45) is 0. The van der Waals surface area contributed by atoms with Crippen LogP contribution in [0.15, 0.2) is 54.6 Å². The largest absolute Gasteiger partial charge is 0.229 e. The fourth-order valence-corrected chi connectivity index (χ4v) is 2.28. The maximum absolute atomic E-state index is 6.38. The number of aromatic nitrogens is 3. The Morgan fingerprint density at radius 2 is 1.70 bits per heavy atom. The van der Waals surface area contributed by atoms with Crippen LogP contribution in [0.2, 0.25) is 5.15 Å². The molecule has 0 spiro atoms. The van der Waals surface area contributed by atoms with Gasteiger partial charge in [0.2, 0.25) is 0 Å². The average Bonchev–Trinajstić information content (AvgIpc) is 2.84. The predicted octanol–water partition coefficient (Wildman–Crippen LogP) is 3.96. The van der Waals surface area contributed by atoms with Gasteiger partial charge in [0.15, 0.2) is 5.15 Å². The molecule has 0 aliphatic carbocycles. The molecule has 0 N–H and O–H groups in total. The van der Waals surface area contributed by atoms with Gasteiger partial charge in [-0.2, -0.15) is 0 Å². The topological polar surface area (TPSA) is 30.7 Å². The van der Waals surface area contributed by atoms with E-state index >= 15 is 0 Å². The lowest BCUT2D eigenvalue weighted by molar-refractivity contribution is 0.650. The van der Waals surface area contributed by atoms with Crippen LogP contribution in [0.5, 0.6) is 0 Å². The molecule has 3 rings (SSSR count). The zero-order chi connectivity index (χ0) is 13.9. The van der Waals surface area contributed by atoms with Gasteiger partial charge in [0.05, 0.1) is 6.54 Å². The summed E-state index contributed by atoms with van der Waals surface area (Å²) in [5, 5.41) is 8.89. The monoisotopic (exact) mass is 283 g/mol. The van der Waals surface area contributed by atoms with Crippen LogP contribution in [0.4, 0.5) is 0 Å². The summed E-state index contributed by atoms with van der Waals surface area (Å²) in [4.78, 5) is 0. The second kappa shape index (κ2) is 5.47. The van der Waals surface area contributed by atoms with E-state index in [-0.39, 0.29) is 0 Å². The van der Waals surface area contributed by atoms with Crippen LogP contribution in [0, 0.1) is 6.92 Å². The molecule has 4 heteroatoms.